The second kappa shape index (κ2) is 17.9. The minimum absolute atomic E-state index is 0.0493. The highest BCUT2D eigenvalue weighted by Crippen LogP contribution is 2.14. The molecule has 0 spiro atoms. The molecular weight excluding hydrogens is 260 g/mol. The molecule has 3 heteroatoms. The van der Waals surface area contributed by atoms with Crippen LogP contribution in [0.15, 0.2) is 0 Å². The summed E-state index contributed by atoms with van der Waals surface area (Å²) in [5.74, 6) is 5.23. The number of rotatable bonds is 17. The van der Waals surface area contributed by atoms with Gasteiger partial charge >= 0.3 is 0 Å². The lowest BCUT2D eigenvalue weighted by molar-refractivity contribution is 0.147. The molecule has 21 heavy (non-hydrogen) atoms. The Hall–Kier alpha value is -0.120. The van der Waals surface area contributed by atoms with Crippen molar-refractivity contribution in [2.45, 2.75) is 109 Å². The van der Waals surface area contributed by atoms with Gasteiger partial charge in [0, 0.05) is 6.54 Å². The highest BCUT2D eigenvalue weighted by atomic mass is 16.3. The van der Waals surface area contributed by atoms with E-state index in [1.165, 1.54) is 83.5 Å². The molecule has 0 saturated heterocycles. The maximum absolute atomic E-state index is 9.93. The van der Waals surface area contributed by atoms with Crippen molar-refractivity contribution in [2.24, 2.45) is 5.84 Å². The first-order valence-electron chi connectivity index (χ1n) is 9.42. The van der Waals surface area contributed by atoms with Crippen molar-refractivity contribution < 1.29 is 5.11 Å². The summed E-state index contributed by atoms with van der Waals surface area (Å²) in [7, 11) is 0. The molecule has 3 nitrogen and oxygen atoms in total. The monoisotopic (exact) mass is 300 g/mol. The molecular formula is C18H40N2O. The van der Waals surface area contributed by atoms with Crippen LogP contribution in [0.4, 0.5) is 0 Å². The summed E-state index contributed by atoms with van der Waals surface area (Å²) in [6.45, 7) is 3.19. The van der Waals surface area contributed by atoms with Crippen LogP contribution < -0.4 is 11.3 Å². The zero-order valence-electron chi connectivity index (χ0n) is 14.4. The van der Waals surface area contributed by atoms with E-state index < -0.39 is 0 Å². The van der Waals surface area contributed by atoms with Crippen molar-refractivity contribution in [1.29, 1.82) is 0 Å². The first-order chi connectivity index (χ1) is 10.3. The summed E-state index contributed by atoms with van der Waals surface area (Å²) in [6, 6.07) is 0. The molecule has 0 aromatic heterocycles. The number of hydrogen-bond acceptors (Lipinski definition) is 3. The van der Waals surface area contributed by atoms with Crippen LogP contribution in [0.5, 0.6) is 0 Å². The molecule has 128 valence electrons. The lowest BCUT2D eigenvalue weighted by Crippen LogP contribution is -2.22. The molecule has 0 radical (unpaired) electrons. The van der Waals surface area contributed by atoms with Crippen molar-refractivity contribution in [3.8, 4) is 0 Å². The van der Waals surface area contributed by atoms with Gasteiger partial charge in [-0.1, -0.05) is 84.0 Å². The highest BCUT2D eigenvalue weighted by Gasteiger charge is 2.03. The molecule has 0 aliphatic heterocycles. The van der Waals surface area contributed by atoms with E-state index in [1.54, 1.807) is 0 Å². The largest absolute Gasteiger partial charge is 0.393 e. The second-order valence-corrected chi connectivity index (χ2v) is 6.43. The summed E-state index contributed by atoms with van der Waals surface area (Å²) < 4.78 is 0. The molecule has 1 unspecified atom stereocenters. The maximum Gasteiger partial charge on any atom is 0.0540 e. The van der Waals surface area contributed by atoms with Crippen LogP contribution in [0.3, 0.4) is 0 Å². The van der Waals surface area contributed by atoms with Gasteiger partial charge in [-0.05, 0) is 19.3 Å². The van der Waals surface area contributed by atoms with Crippen LogP contribution in [0, 0.1) is 0 Å². The fourth-order valence-corrected chi connectivity index (χ4v) is 2.80. The lowest BCUT2D eigenvalue weighted by Gasteiger charge is -2.10. The van der Waals surface area contributed by atoms with Crippen molar-refractivity contribution in [3.63, 3.8) is 0 Å². The highest BCUT2D eigenvalue weighted by molar-refractivity contribution is 4.57. The van der Waals surface area contributed by atoms with E-state index in [0.717, 1.165) is 19.4 Å². The molecule has 0 saturated carbocycles. The van der Waals surface area contributed by atoms with Crippen LogP contribution in [0.25, 0.3) is 0 Å². The van der Waals surface area contributed by atoms with Gasteiger partial charge in [-0.15, -0.1) is 0 Å². The van der Waals surface area contributed by atoms with Gasteiger partial charge < -0.3 is 5.11 Å². The Balaban J connectivity index is 3.10. The molecule has 1 atom stereocenters. The minimum Gasteiger partial charge on any atom is -0.393 e. The molecule has 0 fully saturated rings. The van der Waals surface area contributed by atoms with Crippen molar-refractivity contribution in [2.75, 3.05) is 6.54 Å². The normalized spacial score (nSPS) is 12.7. The van der Waals surface area contributed by atoms with Gasteiger partial charge in [0.15, 0.2) is 0 Å². The van der Waals surface area contributed by atoms with E-state index in [2.05, 4.69) is 12.3 Å². The Bertz CT molecular complexity index is 188. The third kappa shape index (κ3) is 17.8. The minimum atomic E-state index is -0.0493. The Morgan fingerprint density at radius 1 is 0.714 bits per heavy atom. The van der Waals surface area contributed by atoms with E-state index in [-0.39, 0.29) is 6.10 Å². The molecule has 0 aromatic rings. The molecule has 0 heterocycles. The van der Waals surface area contributed by atoms with Crippen molar-refractivity contribution >= 4 is 0 Å². The smallest absolute Gasteiger partial charge is 0.0540 e. The molecule has 0 bridgehead atoms. The topological polar surface area (TPSA) is 58.3 Å². The van der Waals surface area contributed by atoms with Gasteiger partial charge in [-0.3, -0.25) is 11.3 Å². The zero-order chi connectivity index (χ0) is 15.6. The average molecular weight is 301 g/mol. The summed E-state index contributed by atoms with van der Waals surface area (Å²) in [5.41, 5.74) is 2.69. The molecule has 0 amide bonds. The van der Waals surface area contributed by atoms with Crippen LogP contribution in [0.1, 0.15) is 103 Å². The zero-order valence-corrected chi connectivity index (χ0v) is 14.4. The average Bonchev–Trinajstić information content (AvgIpc) is 2.49. The molecule has 0 rings (SSSR count). The van der Waals surface area contributed by atoms with Crippen LogP contribution >= 0.6 is 0 Å². The Morgan fingerprint density at radius 3 is 1.62 bits per heavy atom. The number of aliphatic hydroxyl groups excluding tert-OH is 1. The SMILES string of the molecule is CCCCCCCCC(O)CCCCCCCCCNN. The Labute approximate surface area is 133 Å². The molecule has 0 aromatic carbocycles. The first kappa shape index (κ1) is 20.9. The van der Waals surface area contributed by atoms with Gasteiger partial charge in [0.2, 0.25) is 0 Å². The second-order valence-electron chi connectivity index (χ2n) is 6.43. The summed E-state index contributed by atoms with van der Waals surface area (Å²) in [5, 5.41) is 9.93. The first-order valence-corrected chi connectivity index (χ1v) is 9.42. The summed E-state index contributed by atoms with van der Waals surface area (Å²) >= 11 is 0. The van der Waals surface area contributed by atoms with Crippen LogP contribution in [-0.4, -0.2) is 17.8 Å². The maximum atomic E-state index is 9.93. The summed E-state index contributed by atoms with van der Waals surface area (Å²) in [4.78, 5) is 0. The predicted octanol–water partition coefficient (Wildman–Crippen LogP) is 4.68. The van der Waals surface area contributed by atoms with Crippen LogP contribution in [0.2, 0.25) is 0 Å². The predicted molar refractivity (Wildman–Crippen MR) is 93.1 cm³/mol. The van der Waals surface area contributed by atoms with E-state index in [1.807, 2.05) is 0 Å². The fourth-order valence-electron chi connectivity index (χ4n) is 2.80. The van der Waals surface area contributed by atoms with Gasteiger partial charge in [-0.2, -0.15) is 0 Å². The van der Waals surface area contributed by atoms with Crippen LogP contribution in [-0.2, 0) is 0 Å². The Kier molecular flexibility index (Phi) is 17.8. The quantitative estimate of drug-likeness (QED) is 0.208. The lowest BCUT2D eigenvalue weighted by atomic mass is 10.0. The number of hydrogen-bond donors (Lipinski definition) is 3. The molecule has 0 aliphatic carbocycles. The van der Waals surface area contributed by atoms with Gasteiger partial charge in [0.25, 0.3) is 0 Å². The number of nitrogens with one attached hydrogen (secondary N) is 1. The van der Waals surface area contributed by atoms with E-state index in [4.69, 9.17) is 5.84 Å². The third-order valence-corrected chi connectivity index (χ3v) is 4.25. The standard InChI is InChI=1S/C18H40N2O/c1-2-3-4-5-9-12-15-18(21)16-13-10-7-6-8-11-14-17-20-19/h18,20-21H,2-17,19H2,1H3. The molecule has 0 aliphatic rings. The van der Waals surface area contributed by atoms with Gasteiger partial charge in [0.05, 0.1) is 6.10 Å². The van der Waals surface area contributed by atoms with Gasteiger partial charge in [-0.25, -0.2) is 0 Å². The number of nitrogens with two attached hydrogens (primary N) is 1. The van der Waals surface area contributed by atoms with Crippen molar-refractivity contribution in [3.05, 3.63) is 0 Å². The number of hydrazine groups is 1. The summed E-state index contributed by atoms with van der Waals surface area (Å²) in [6.07, 6.45) is 18.8. The van der Waals surface area contributed by atoms with E-state index in [0.29, 0.717) is 0 Å². The Morgan fingerprint density at radius 2 is 1.14 bits per heavy atom. The molecule has 4 N–H and O–H groups in total. The van der Waals surface area contributed by atoms with E-state index in [9.17, 15) is 5.11 Å². The van der Waals surface area contributed by atoms with Crippen molar-refractivity contribution in [1.82, 2.24) is 5.43 Å². The van der Waals surface area contributed by atoms with E-state index >= 15 is 0 Å². The fraction of sp³-hybridized carbons (Fsp3) is 1.00. The number of unbranched alkanes of at least 4 members (excludes halogenated alkanes) is 11. The third-order valence-electron chi connectivity index (χ3n) is 4.25. The van der Waals surface area contributed by atoms with Gasteiger partial charge in [0.1, 0.15) is 0 Å². The number of aliphatic hydroxyl groups is 1.